The molecule has 26 heavy (non-hydrogen) atoms. The van der Waals surface area contributed by atoms with Gasteiger partial charge in [0.15, 0.2) is 0 Å². The van der Waals surface area contributed by atoms with Crippen LogP contribution in [0.5, 0.6) is 11.5 Å². The van der Waals surface area contributed by atoms with Gasteiger partial charge in [-0.1, -0.05) is 37.1 Å². The fraction of sp³-hybridized carbons (Fsp3) is 0.364. The van der Waals surface area contributed by atoms with Gasteiger partial charge in [0.05, 0.1) is 11.8 Å². The summed E-state index contributed by atoms with van der Waals surface area (Å²) in [5, 5.41) is 0. The molecule has 0 bridgehead atoms. The van der Waals surface area contributed by atoms with E-state index in [1.165, 1.54) is 0 Å². The molecule has 4 heteroatoms. The minimum atomic E-state index is -0.457. The monoisotopic (exact) mass is 352 g/mol. The molecule has 136 valence electrons. The Morgan fingerprint density at radius 2 is 1.19 bits per heavy atom. The molecule has 2 atom stereocenters. The van der Waals surface area contributed by atoms with Crippen LogP contribution < -0.4 is 9.47 Å². The van der Waals surface area contributed by atoms with Crippen molar-refractivity contribution < 1.29 is 19.1 Å². The molecule has 2 aromatic carbocycles. The van der Waals surface area contributed by atoms with Crippen molar-refractivity contribution >= 4 is 11.9 Å². The van der Waals surface area contributed by atoms with Crippen LogP contribution in [0.15, 0.2) is 48.5 Å². The molecule has 1 fully saturated rings. The summed E-state index contributed by atoms with van der Waals surface area (Å²) in [6.07, 6.45) is 3.14. The predicted octanol–water partition coefficient (Wildman–Crippen LogP) is 4.62. The Bertz CT molecular complexity index is 729. The first-order valence-corrected chi connectivity index (χ1v) is 9.09. The molecule has 3 rings (SSSR count). The molecule has 1 aliphatic carbocycles. The Hall–Kier alpha value is -2.62. The zero-order chi connectivity index (χ0) is 18.5. The van der Waals surface area contributed by atoms with Crippen LogP contribution in [0.3, 0.4) is 0 Å². The highest BCUT2D eigenvalue weighted by atomic mass is 16.5. The lowest BCUT2D eigenvalue weighted by Crippen LogP contribution is -2.37. The number of aryl methyl sites for hydroxylation is 2. The number of carbonyl (C=O) groups excluding carboxylic acids is 2. The van der Waals surface area contributed by atoms with E-state index in [1.54, 1.807) is 12.1 Å². The summed E-state index contributed by atoms with van der Waals surface area (Å²) >= 11 is 0. The van der Waals surface area contributed by atoms with Crippen molar-refractivity contribution in [3.63, 3.8) is 0 Å². The third kappa shape index (κ3) is 4.51. The Labute approximate surface area is 154 Å². The number of benzene rings is 2. The summed E-state index contributed by atoms with van der Waals surface area (Å²) in [5.41, 5.74) is 2.05. The number of ether oxygens (including phenoxy) is 2. The van der Waals surface area contributed by atoms with Crippen molar-refractivity contribution in [3.8, 4) is 11.5 Å². The van der Waals surface area contributed by atoms with Gasteiger partial charge in [0.25, 0.3) is 0 Å². The lowest BCUT2D eigenvalue weighted by molar-refractivity contribution is -0.152. The van der Waals surface area contributed by atoms with E-state index >= 15 is 0 Å². The van der Waals surface area contributed by atoms with Gasteiger partial charge in [0.2, 0.25) is 0 Å². The highest BCUT2D eigenvalue weighted by Gasteiger charge is 2.38. The number of rotatable bonds is 4. The van der Waals surface area contributed by atoms with E-state index in [-0.39, 0.29) is 11.9 Å². The van der Waals surface area contributed by atoms with E-state index in [4.69, 9.17) is 9.47 Å². The second-order valence-corrected chi connectivity index (χ2v) is 6.97. The van der Waals surface area contributed by atoms with Crippen LogP contribution in [0.1, 0.15) is 36.8 Å². The first kappa shape index (κ1) is 18.2. The normalized spacial score (nSPS) is 19.6. The van der Waals surface area contributed by atoms with E-state index < -0.39 is 11.8 Å². The quantitative estimate of drug-likeness (QED) is 0.595. The number of hydrogen-bond acceptors (Lipinski definition) is 4. The standard InChI is InChI=1S/C22H24O4/c1-15-7-5-9-17(13-15)25-21(23)19-11-3-4-12-20(19)22(24)26-18-10-6-8-16(2)14-18/h5-10,13-14,19-20H,3-4,11-12H2,1-2H3. The third-order valence-corrected chi connectivity index (χ3v) is 4.79. The minimum absolute atomic E-state index is 0.346. The van der Waals surface area contributed by atoms with E-state index in [2.05, 4.69) is 0 Å². The zero-order valence-electron chi connectivity index (χ0n) is 15.2. The fourth-order valence-corrected chi connectivity index (χ4v) is 3.44. The second-order valence-electron chi connectivity index (χ2n) is 6.97. The maximum Gasteiger partial charge on any atom is 0.315 e. The van der Waals surface area contributed by atoms with Crippen LogP contribution in [-0.2, 0) is 9.59 Å². The average molecular weight is 352 g/mol. The van der Waals surface area contributed by atoms with Gasteiger partial charge in [-0.05, 0) is 62.1 Å². The molecule has 0 aromatic heterocycles. The van der Waals surface area contributed by atoms with Crippen molar-refractivity contribution in [2.24, 2.45) is 11.8 Å². The summed E-state index contributed by atoms with van der Waals surface area (Å²) in [6.45, 7) is 3.89. The highest BCUT2D eigenvalue weighted by Crippen LogP contribution is 2.33. The molecule has 0 aliphatic heterocycles. The molecule has 2 unspecified atom stereocenters. The number of esters is 2. The summed E-state index contributed by atoms with van der Waals surface area (Å²) < 4.78 is 11.1. The molecular weight excluding hydrogens is 328 g/mol. The van der Waals surface area contributed by atoms with Crippen LogP contribution >= 0.6 is 0 Å². The first-order chi connectivity index (χ1) is 12.5. The average Bonchev–Trinajstić information content (AvgIpc) is 2.61. The molecule has 0 saturated heterocycles. The van der Waals surface area contributed by atoms with Gasteiger partial charge in [-0.2, -0.15) is 0 Å². The number of carbonyl (C=O) groups is 2. The maximum atomic E-state index is 12.7. The van der Waals surface area contributed by atoms with Crippen LogP contribution in [0.25, 0.3) is 0 Å². The largest absolute Gasteiger partial charge is 0.426 e. The summed E-state index contributed by atoms with van der Waals surface area (Å²) in [6, 6.07) is 14.7. The molecular formula is C22H24O4. The Balaban J connectivity index is 1.70. The van der Waals surface area contributed by atoms with Crippen molar-refractivity contribution in [2.75, 3.05) is 0 Å². The van der Waals surface area contributed by atoms with Gasteiger partial charge >= 0.3 is 11.9 Å². The van der Waals surface area contributed by atoms with Crippen LogP contribution in [-0.4, -0.2) is 11.9 Å². The minimum Gasteiger partial charge on any atom is -0.426 e. The van der Waals surface area contributed by atoms with Crippen molar-refractivity contribution in [2.45, 2.75) is 39.5 Å². The SMILES string of the molecule is Cc1cccc(OC(=O)C2CCCCC2C(=O)Oc2cccc(C)c2)c1. The molecule has 0 N–H and O–H groups in total. The van der Waals surface area contributed by atoms with Crippen LogP contribution in [0.4, 0.5) is 0 Å². The molecule has 0 spiro atoms. The molecule has 4 nitrogen and oxygen atoms in total. The molecule has 2 aromatic rings. The lowest BCUT2D eigenvalue weighted by Gasteiger charge is -2.28. The Morgan fingerprint density at radius 1 is 0.769 bits per heavy atom. The van der Waals surface area contributed by atoms with Gasteiger partial charge in [-0.15, -0.1) is 0 Å². The van der Waals surface area contributed by atoms with Crippen molar-refractivity contribution in [1.82, 2.24) is 0 Å². The van der Waals surface area contributed by atoms with Crippen molar-refractivity contribution in [1.29, 1.82) is 0 Å². The van der Waals surface area contributed by atoms with E-state index in [0.29, 0.717) is 24.3 Å². The molecule has 1 saturated carbocycles. The first-order valence-electron chi connectivity index (χ1n) is 9.09. The smallest absolute Gasteiger partial charge is 0.315 e. The van der Waals surface area contributed by atoms with E-state index in [0.717, 1.165) is 24.0 Å². The maximum absolute atomic E-state index is 12.7. The molecule has 0 amide bonds. The topological polar surface area (TPSA) is 52.6 Å². The molecule has 1 aliphatic rings. The molecule has 0 radical (unpaired) electrons. The van der Waals surface area contributed by atoms with Gasteiger partial charge in [-0.25, -0.2) is 0 Å². The zero-order valence-corrected chi connectivity index (χ0v) is 15.2. The van der Waals surface area contributed by atoms with Crippen LogP contribution in [0.2, 0.25) is 0 Å². The van der Waals surface area contributed by atoms with Gasteiger partial charge < -0.3 is 9.47 Å². The predicted molar refractivity (Wildman–Crippen MR) is 99.1 cm³/mol. The second kappa shape index (κ2) is 8.17. The van der Waals surface area contributed by atoms with E-state index in [1.807, 2.05) is 50.2 Å². The Kier molecular flexibility index (Phi) is 5.71. The van der Waals surface area contributed by atoms with E-state index in [9.17, 15) is 9.59 Å². The van der Waals surface area contributed by atoms with Gasteiger partial charge in [0, 0.05) is 0 Å². The summed E-state index contributed by atoms with van der Waals surface area (Å²) in [4.78, 5) is 25.3. The van der Waals surface area contributed by atoms with Gasteiger partial charge in [0.1, 0.15) is 11.5 Å². The summed E-state index contributed by atoms with van der Waals surface area (Å²) in [7, 11) is 0. The van der Waals surface area contributed by atoms with Gasteiger partial charge in [-0.3, -0.25) is 9.59 Å². The highest BCUT2D eigenvalue weighted by molar-refractivity contribution is 5.84. The summed E-state index contributed by atoms with van der Waals surface area (Å²) in [5.74, 6) is -0.566. The van der Waals surface area contributed by atoms with Crippen LogP contribution in [0, 0.1) is 25.7 Å². The fourth-order valence-electron chi connectivity index (χ4n) is 3.44. The number of hydrogen-bond donors (Lipinski definition) is 0. The third-order valence-electron chi connectivity index (χ3n) is 4.79. The molecule has 0 heterocycles. The van der Waals surface area contributed by atoms with Crippen molar-refractivity contribution in [3.05, 3.63) is 59.7 Å². The Morgan fingerprint density at radius 3 is 1.58 bits per heavy atom. The lowest BCUT2D eigenvalue weighted by atomic mass is 9.79.